The first-order valence-electron chi connectivity index (χ1n) is 6.36. The minimum atomic E-state index is 0.778. The van der Waals surface area contributed by atoms with Crippen molar-refractivity contribution in [1.82, 2.24) is 5.32 Å². The van der Waals surface area contributed by atoms with Crippen LogP contribution in [0.4, 0.5) is 0 Å². The Morgan fingerprint density at radius 3 is 2.44 bits per heavy atom. The van der Waals surface area contributed by atoms with Crippen molar-refractivity contribution in [1.29, 1.82) is 0 Å². The molecule has 1 N–H and O–H groups in total. The highest BCUT2D eigenvalue weighted by Gasteiger charge is 2.03. The number of benzene rings is 2. The number of hydrogen-bond acceptors (Lipinski definition) is 1. The second kappa shape index (κ2) is 6.58. The van der Waals surface area contributed by atoms with Crippen LogP contribution >= 0.6 is 11.6 Å². The highest BCUT2D eigenvalue weighted by molar-refractivity contribution is 6.30. The molecule has 0 radical (unpaired) electrons. The maximum absolute atomic E-state index is 5.93. The van der Waals surface area contributed by atoms with Gasteiger partial charge in [-0.15, -0.1) is 0 Å². The van der Waals surface area contributed by atoms with Gasteiger partial charge in [0.2, 0.25) is 0 Å². The lowest BCUT2D eigenvalue weighted by atomic mass is 10.00. The van der Waals surface area contributed by atoms with Crippen LogP contribution < -0.4 is 5.32 Å². The summed E-state index contributed by atoms with van der Waals surface area (Å²) in [5.74, 6) is 0. The van der Waals surface area contributed by atoms with E-state index in [0.29, 0.717) is 0 Å². The van der Waals surface area contributed by atoms with Crippen LogP contribution in [0.25, 0.3) is 11.1 Å². The normalized spacial score (nSPS) is 10.6. The van der Waals surface area contributed by atoms with Crippen molar-refractivity contribution in [2.75, 3.05) is 6.54 Å². The van der Waals surface area contributed by atoms with Crippen molar-refractivity contribution in [2.24, 2.45) is 0 Å². The summed E-state index contributed by atoms with van der Waals surface area (Å²) < 4.78 is 0. The molecule has 0 bridgehead atoms. The minimum Gasteiger partial charge on any atom is -0.313 e. The van der Waals surface area contributed by atoms with Crippen molar-refractivity contribution in [3.05, 3.63) is 59.1 Å². The Balaban J connectivity index is 2.23. The molecule has 0 saturated heterocycles. The van der Waals surface area contributed by atoms with Crippen LogP contribution in [0.5, 0.6) is 0 Å². The van der Waals surface area contributed by atoms with Gasteiger partial charge in [0.15, 0.2) is 0 Å². The van der Waals surface area contributed by atoms with Crippen molar-refractivity contribution in [2.45, 2.75) is 19.9 Å². The smallest absolute Gasteiger partial charge is 0.0406 e. The molecule has 0 amide bonds. The van der Waals surface area contributed by atoms with E-state index in [4.69, 9.17) is 11.6 Å². The van der Waals surface area contributed by atoms with Crippen LogP contribution in [0.1, 0.15) is 18.9 Å². The second-order valence-corrected chi connectivity index (χ2v) is 4.78. The number of nitrogens with one attached hydrogen (secondary N) is 1. The van der Waals surface area contributed by atoms with Gasteiger partial charge in [-0.2, -0.15) is 0 Å². The molecule has 2 heteroatoms. The highest BCUT2D eigenvalue weighted by Crippen LogP contribution is 2.25. The minimum absolute atomic E-state index is 0.778. The molecule has 1 nitrogen and oxygen atoms in total. The molecule has 0 spiro atoms. The van der Waals surface area contributed by atoms with E-state index in [2.05, 4.69) is 48.6 Å². The Hall–Kier alpha value is -1.31. The van der Waals surface area contributed by atoms with Gasteiger partial charge in [-0.25, -0.2) is 0 Å². The molecule has 0 aliphatic carbocycles. The Bertz CT molecular complexity index is 491. The molecule has 0 aliphatic rings. The summed E-state index contributed by atoms with van der Waals surface area (Å²) in [4.78, 5) is 0. The fraction of sp³-hybridized carbons (Fsp3) is 0.250. The third-order valence-electron chi connectivity index (χ3n) is 2.91. The second-order valence-electron chi connectivity index (χ2n) is 4.34. The molecule has 0 saturated carbocycles. The zero-order valence-corrected chi connectivity index (χ0v) is 11.4. The third kappa shape index (κ3) is 3.34. The van der Waals surface area contributed by atoms with Crippen LogP contribution in [0.15, 0.2) is 48.5 Å². The van der Waals surface area contributed by atoms with Gasteiger partial charge in [0, 0.05) is 11.6 Å². The van der Waals surface area contributed by atoms with E-state index in [9.17, 15) is 0 Å². The van der Waals surface area contributed by atoms with E-state index in [-0.39, 0.29) is 0 Å². The molecular formula is C16H18ClN. The van der Waals surface area contributed by atoms with E-state index < -0.39 is 0 Å². The highest BCUT2D eigenvalue weighted by atomic mass is 35.5. The molecule has 2 rings (SSSR count). The lowest BCUT2D eigenvalue weighted by molar-refractivity contribution is 0.676. The monoisotopic (exact) mass is 259 g/mol. The van der Waals surface area contributed by atoms with Gasteiger partial charge in [0.05, 0.1) is 0 Å². The molecule has 0 unspecified atom stereocenters. The Kier molecular flexibility index (Phi) is 4.80. The standard InChI is InChI=1S/C16H18ClN/c1-2-11-18-12-14-5-3-4-6-16(14)13-7-9-15(17)10-8-13/h3-10,18H,2,11-12H2,1H3. The maximum atomic E-state index is 5.93. The van der Waals surface area contributed by atoms with E-state index in [1.807, 2.05) is 12.1 Å². The first-order chi connectivity index (χ1) is 8.81. The van der Waals surface area contributed by atoms with Gasteiger partial charge in [0.25, 0.3) is 0 Å². The molecule has 0 heterocycles. The molecule has 2 aromatic carbocycles. The summed E-state index contributed by atoms with van der Waals surface area (Å²) >= 11 is 5.93. The first-order valence-corrected chi connectivity index (χ1v) is 6.73. The zero-order valence-electron chi connectivity index (χ0n) is 10.6. The Morgan fingerprint density at radius 2 is 1.72 bits per heavy atom. The van der Waals surface area contributed by atoms with Gasteiger partial charge < -0.3 is 5.32 Å². The molecule has 94 valence electrons. The van der Waals surface area contributed by atoms with E-state index in [1.165, 1.54) is 16.7 Å². The summed E-state index contributed by atoms with van der Waals surface area (Å²) in [5.41, 5.74) is 3.82. The molecular weight excluding hydrogens is 242 g/mol. The third-order valence-corrected chi connectivity index (χ3v) is 3.17. The summed E-state index contributed by atoms with van der Waals surface area (Å²) in [7, 11) is 0. The van der Waals surface area contributed by atoms with Crippen molar-refractivity contribution in [3.8, 4) is 11.1 Å². The van der Waals surface area contributed by atoms with Gasteiger partial charge in [0.1, 0.15) is 0 Å². The lowest BCUT2D eigenvalue weighted by Crippen LogP contribution is -2.14. The first kappa shape index (κ1) is 13.1. The number of rotatable bonds is 5. The Labute approximate surface area is 114 Å². The largest absolute Gasteiger partial charge is 0.313 e. The van der Waals surface area contributed by atoms with Gasteiger partial charge in [-0.3, -0.25) is 0 Å². The van der Waals surface area contributed by atoms with Crippen LogP contribution in [0, 0.1) is 0 Å². The zero-order chi connectivity index (χ0) is 12.8. The van der Waals surface area contributed by atoms with Crippen LogP contribution in [0.3, 0.4) is 0 Å². The molecule has 0 aliphatic heterocycles. The van der Waals surface area contributed by atoms with E-state index in [1.54, 1.807) is 0 Å². The summed E-state index contributed by atoms with van der Waals surface area (Å²) in [6.07, 6.45) is 1.16. The van der Waals surface area contributed by atoms with E-state index >= 15 is 0 Å². The van der Waals surface area contributed by atoms with Crippen LogP contribution in [-0.4, -0.2) is 6.54 Å². The molecule has 0 fully saturated rings. The van der Waals surface area contributed by atoms with Gasteiger partial charge in [-0.05, 0) is 41.8 Å². The summed E-state index contributed by atoms with van der Waals surface area (Å²) in [6, 6.07) is 16.5. The fourth-order valence-electron chi connectivity index (χ4n) is 1.99. The topological polar surface area (TPSA) is 12.0 Å². The van der Waals surface area contributed by atoms with Crippen molar-refractivity contribution in [3.63, 3.8) is 0 Å². The fourth-order valence-corrected chi connectivity index (χ4v) is 2.11. The maximum Gasteiger partial charge on any atom is 0.0406 e. The quantitative estimate of drug-likeness (QED) is 0.780. The Morgan fingerprint density at radius 1 is 1.00 bits per heavy atom. The molecule has 0 atom stereocenters. The lowest BCUT2D eigenvalue weighted by Gasteiger charge is -2.10. The van der Waals surface area contributed by atoms with Crippen molar-refractivity contribution < 1.29 is 0 Å². The van der Waals surface area contributed by atoms with Crippen LogP contribution in [-0.2, 0) is 6.54 Å². The average Bonchev–Trinajstić information content (AvgIpc) is 2.41. The van der Waals surface area contributed by atoms with Crippen molar-refractivity contribution >= 4 is 11.6 Å². The van der Waals surface area contributed by atoms with Crippen LogP contribution in [0.2, 0.25) is 5.02 Å². The summed E-state index contributed by atoms with van der Waals surface area (Å²) in [6.45, 7) is 4.14. The molecule has 2 aromatic rings. The number of hydrogen-bond donors (Lipinski definition) is 1. The average molecular weight is 260 g/mol. The van der Waals surface area contributed by atoms with Gasteiger partial charge >= 0.3 is 0 Å². The number of halogens is 1. The molecule has 18 heavy (non-hydrogen) atoms. The van der Waals surface area contributed by atoms with E-state index in [0.717, 1.165) is 24.5 Å². The predicted molar refractivity (Wildman–Crippen MR) is 78.9 cm³/mol. The SMILES string of the molecule is CCCNCc1ccccc1-c1ccc(Cl)cc1. The summed E-state index contributed by atoms with van der Waals surface area (Å²) in [5, 5.41) is 4.22. The van der Waals surface area contributed by atoms with Gasteiger partial charge in [-0.1, -0.05) is 54.9 Å². The predicted octanol–water partition coefficient (Wildman–Crippen LogP) is 4.51. The molecule has 0 aromatic heterocycles.